The van der Waals surface area contributed by atoms with Gasteiger partial charge in [0.05, 0.1) is 6.42 Å². The van der Waals surface area contributed by atoms with Crippen molar-refractivity contribution >= 4 is 23.3 Å². The number of hydrogen-bond donors (Lipinski definition) is 1. The molecule has 7 heteroatoms. The largest absolute Gasteiger partial charge is 0.385 e. The van der Waals surface area contributed by atoms with Gasteiger partial charge in [0.1, 0.15) is 11.7 Å². The Labute approximate surface area is 192 Å². The summed E-state index contributed by atoms with van der Waals surface area (Å²) >= 11 is 6.12. The highest BCUT2D eigenvalue weighted by Crippen LogP contribution is 2.28. The summed E-state index contributed by atoms with van der Waals surface area (Å²) in [4.78, 5) is 7.82. The lowest BCUT2D eigenvalue weighted by Crippen LogP contribution is -2.62. The van der Waals surface area contributed by atoms with Crippen LogP contribution in [0.2, 0.25) is 5.02 Å². The SMILES string of the molecule is CC(C)C[C@H]1CN(C2CCN(C3=NN=C(N)C3)CC2)[C@@H](Cc2ccc(Cl)cc2)CN1C. The number of piperazine rings is 1. The van der Waals surface area contributed by atoms with Gasteiger partial charge in [0.2, 0.25) is 0 Å². The Bertz CT molecular complexity index is 797. The van der Waals surface area contributed by atoms with Gasteiger partial charge in [-0.15, -0.1) is 10.2 Å². The van der Waals surface area contributed by atoms with Crippen molar-refractivity contribution in [1.29, 1.82) is 0 Å². The van der Waals surface area contributed by atoms with Crippen molar-refractivity contribution in [3.8, 4) is 0 Å². The van der Waals surface area contributed by atoms with Crippen LogP contribution < -0.4 is 5.73 Å². The summed E-state index contributed by atoms with van der Waals surface area (Å²) in [6.07, 6.45) is 5.39. The number of piperidine rings is 1. The van der Waals surface area contributed by atoms with Gasteiger partial charge in [0.15, 0.2) is 0 Å². The van der Waals surface area contributed by atoms with Crippen molar-refractivity contribution in [1.82, 2.24) is 14.7 Å². The summed E-state index contributed by atoms with van der Waals surface area (Å²) in [5.74, 6) is 2.40. The van der Waals surface area contributed by atoms with E-state index in [1.165, 1.54) is 24.8 Å². The fourth-order valence-electron chi connectivity index (χ4n) is 5.42. The zero-order valence-corrected chi connectivity index (χ0v) is 19.9. The van der Waals surface area contributed by atoms with Crippen LogP contribution in [0, 0.1) is 5.92 Å². The highest BCUT2D eigenvalue weighted by atomic mass is 35.5. The molecule has 3 aliphatic heterocycles. The zero-order valence-electron chi connectivity index (χ0n) is 19.2. The molecule has 0 spiro atoms. The third-order valence-electron chi connectivity index (χ3n) is 7.07. The number of amidine groups is 2. The van der Waals surface area contributed by atoms with E-state index in [9.17, 15) is 0 Å². The molecule has 4 rings (SSSR count). The van der Waals surface area contributed by atoms with E-state index in [2.05, 4.69) is 57.9 Å². The maximum atomic E-state index is 6.12. The van der Waals surface area contributed by atoms with Gasteiger partial charge in [-0.05, 0) is 56.3 Å². The highest BCUT2D eigenvalue weighted by molar-refractivity contribution is 6.30. The summed E-state index contributed by atoms with van der Waals surface area (Å²) in [6, 6.07) is 10.2. The fraction of sp³-hybridized carbons (Fsp3) is 0.667. The van der Waals surface area contributed by atoms with E-state index in [0.29, 0.717) is 30.4 Å². The van der Waals surface area contributed by atoms with Gasteiger partial charge in [-0.2, -0.15) is 0 Å². The molecular weight excluding hydrogens is 408 g/mol. The number of benzene rings is 1. The van der Waals surface area contributed by atoms with Crippen LogP contribution in [0.25, 0.3) is 0 Å². The first-order chi connectivity index (χ1) is 14.9. The monoisotopic (exact) mass is 444 g/mol. The lowest BCUT2D eigenvalue weighted by atomic mass is 9.91. The van der Waals surface area contributed by atoms with Gasteiger partial charge in [0.25, 0.3) is 0 Å². The van der Waals surface area contributed by atoms with Gasteiger partial charge in [-0.1, -0.05) is 37.6 Å². The van der Waals surface area contributed by atoms with Crippen molar-refractivity contribution in [2.45, 2.75) is 64.1 Å². The Morgan fingerprint density at radius 1 is 1.06 bits per heavy atom. The first-order valence-electron chi connectivity index (χ1n) is 11.7. The van der Waals surface area contributed by atoms with Crippen LogP contribution in [0.4, 0.5) is 0 Å². The van der Waals surface area contributed by atoms with Crippen LogP contribution in [0.3, 0.4) is 0 Å². The molecule has 170 valence electrons. The molecular formula is C24H37ClN6. The maximum Gasteiger partial charge on any atom is 0.135 e. The van der Waals surface area contributed by atoms with Crippen molar-refractivity contribution in [3.05, 3.63) is 34.9 Å². The fourth-order valence-corrected chi connectivity index (χ4v) is 5.55. The van der Waals surface area contributed by atoms with Crippen LogP contribution in [0.1, 0.15) is 45.1 Å². The Balaban J connectivity index is 1.44. The number of nitrogens with zero attached hydrogens (tertiary/aromatic N) is 5. The van der Waals surface area contributed by atoms with E-state index in [1.54, 1.807) is 0 Å². The number of likely N-dealkylation sites (N-methyl/N-ethyl adjacent to an activating group) is 1. The van der Waals surface area contributed by atoms with Crippen LogP contribution in [-0.4, -0.2) is 77.7 Å². The molecule has 2 saturated heterocycles. The quantitative estimate of drug-likeness (QED) is 0.755. The van der Waals surface area contributed by atoms with Crippen molar-refractivity contribution in [2.75, 3.05) is 33.2 Å². The molecule has 0 bridgehead atoms. The van der Waals surface area contributed by atoms with Gasteiger partial charge < -0.3 is 15.5 Å². The Morgan fingerprint density at radius 3 is 2.39 bits per heavy atom. The van der Waals surface area contributed by atoms with Crippen molar-refractivity contribution < 1.29 is 0 Å². The Morgan fingerprint density at radius 2 is 1.77 bits per heavy atom. The Hall–Kier alpha value is -1.63. The van der Waals surface area contributed by atoms with E-state index in [0.717, 1.165) is 49.4 Å². The second kappa shape index (κ2) is 9.88. The van der Waals surface area contributed by atoms with Crippen LogP contribution in [0.15, 0.2) is 34.5 Å². The van der Waals surface area contributed by atoms with Gasteiger partial charge in [0, 0.05) is 49.3 Å². The third-order valence-corrected chi connectivity index (χ3v) is 7.32. The molecule has 0 aliphatic carbocycles. The van der Waals surface area contributed by atoms with Crippen LogP contribution in [-0.2, 0) is 6.42 Å². The molecule has 0 saturated carbocycles. The van der Waals surface area contributed by atoms with E-state index in [-0.39, 0.29) is 0 Å². The van der Waals surface area contributed by atoms with E-state index < -0.39 is 0 Å². The first kappa shape index (κ1) is 22.6. The standard InChI is InChI=1S/C24H37ClN6/c1-17(2)12-21-16-31(20-8-10-30(11-9-20)24-14-23(26)27-28-24)22(15-29(21)3)13-18-4-6-19(25)7-5-18/h4-7,17,20-22H,8-16H2,1-3H3,(H2,26,27)/t21-,22-/m0/s1. The molecule has 3 aliphatic rings. The predicted octanol–water partition coefficient (Wildman–Crippen LogP) is 3.45. The van der Waals surface area contributed by atoms with Crippen LogP contribution >= 0.6 is 11.6 Å². The highest BCUT2D eigenvalue weighted by Gasteiger charge is 2.37. The first-order valence-corrected chi connectivity index (χ1v) is 12.1. The number of hydrogen-bond acceptors (Lipinski definition) is 6. The van der Waals surface area contributed by atoms with Gasteiger partial charge >= 0.3 is 0 Å². The average molecular weight is 445 g/mol. The number of nitrogens with two attached hydrogens (primary N) is 1. The molecule has 2 atom stereocenters. The number of likely N-dealkylation sites (tertiary alicyclic amines) is 1. The summed E-state index contributed by atoms with van der Waals surface area (Å²) < 4.78 is 0. The molecule has 2 fully saturated rings. The molecule has 0 unspecified atom stereocenters. The lowest BCUT2D eigenvalue weighted by Gasteiger charge is -2.50. The zero-order chi connectivity index (χ0) is 22.0. The lowest BCUT2D eigenvalue weighted by molar-refractivity contribution is -0.00607. The van der Waals surface area contributed by atoms with Gasteiger partial charge in [-0.25, -0.2) is 0 Å². The minimum Gasteiger partial charge on any atom is -0.385 e. The summed E-state index contributed by atoms with van der Waals surface area (Å²) in [7, 11) is 2.31. The molecule has 1 aromatic rings. The molecule has 6 nitrogen and oxygen atoms in total. The van der Waals surface area contributed by atoms with Gasteiger partial charge in [-0.3, -0.25) is 4.90 Å². The van der Waals surface area contributed by atoms with E-state index >= 15 is 0 Å². The molecule has 1 aromatic carbocycles. The van der Waals surface area contributed by atoms with Crippen molar-refractivity contribution in [3.63, 3.8) is 0 Å². The second-order valence-electron chi connectivity index (χ2n) is 9.91. The average Bonchev–Trinajstić information content (AvgIpc) is 3.18. The van der Waals surface area contributed by atoms with Crippen molar-refractivity contribution in [2.24, 2.45) is 21.9 Å². The molecule has 2 N–H and O–H groups in total. The second-order valence-corrected chi connectivity index (χ2v) is 10.3. The van der Waals surface area contributed by atoms with E-state index in [1.807, 2.05) is 12.1 Å². The topological polar surface area (TPSA) is 60.5 Å². The minimum atomic E-state index is 0.536. The van der Waals surface area contributed by atoms with Crippen LogP contribution in [0.5, 0.6) is 0 Å². The smallest absolute Gasteiger partial charge is 0.135 e. The summed E-state index contributed by atoms with van der Waals surface area (Å²) in [6.45, 7) is 9.05. The molecule has 3 heterocycles. The van der Waals surface area contributed by atoms with E-state index in [4.69, 9.17) is 17.3 Å². The molecule has 0 aromatic heterocycles. The molecule has 0 radical (unpaired) electrons. The summed E-state index contributed by atoms with van der Waals surface area (Å²) in [5, 5.41) is 9.12. The molecule has 31 heavy (non-hydrogen) atoms. The third kappa shape index (κ3) is 5.60. The Kier molecular flexibility index (Phi) is 7.19. The predicted molar refractivity (Wildman–Crippen MR) is 130 cm³/mol. The summed E-state index contributed by atoms with van der Waals surface area (Å²) in [5.41, 5.74) is 7.21. The molecule has 0 amide bonds. The number of rotatable bonds is 5. The normalized spacial score (nSPS) is 26.4. The number of halogens is 1. The minimum absolute atomic E-state index is 0.536. The maximum absolute atomic E-state index is 6.12.